The molecule has 1 atom stereocenters. The Morgan fingerprint density at radius 3 is 2.35 bits per heavy atom. The van der Waals surface area contributed by atoms with E-state index in [0.29, 0.717) is 0 Å². The monoisotopic (exact) mass is 312 g/mol. The van der Waals surface area contributed by atoms with Crippen LogP contribution >= 0.6 is 27.5 Å². The van der Waals surface area contributed by atoms with Crippen LogP contribution in [0.4, 0.5) is 4.39 Å². The molecule has 1 unspecified atom stereocenters. The summed E-state index contributed by atoms with van der Waals surface area (Å²) in [6.07, 6.45) is 0. The predicted octanol–water partition coefficient (Wildman–Crippen LogP) is 5.22. The third kappa shape index (κ3) is 2.88. The minimum absolute atomic E-state index is 0.245. The summed E-state index contributed by atoms with van der Waals surface area (Å²) < 4.78 is 13.9. The quantitative estimate of drug-likeness (QED) is 0.666. The lowest BCUT2D eigenvalue weighted by molar-refractivity contribution is 0.627. The van der Waals surface area contributed by atoms with Crippen molar-refractivity contribution in [3.8, 4) is 0 Å². The second kappa shape index (κ2) is 5.19. The van der Waals surface area contributed by atoms with Crippen molar-refractivity contribution in [2.24, 2.45) is 0 Å². The maximum absolute atomic E-state index is 12.8. The molecule has 2 aromatic rings. The van der Waals surface area contributed by atoms with Gasteiger partial charge in [0.1, 0.15) is 5.82 Å². The van der Waals surface area contributed by atoms with E-state index in [4.69, 9.17) is 11.6 Å². The van der Waals surface area contributed by atoms with Gasteiger partial charge >= 0.3 is 0 Å². The lowest BCUT2D eigenvalue weighted by Crippen LogP contribution is -1.96. The van der Waals surface area contributed by atoms with Crippen molar-refractivity contribution >= 4 is 27.5 Å². The van der Waals surface area contributed by atoms with Gasteiger partial charge in [-0.1, -0.05) is 34.1 Å². The molecule has 0 nitrogen and oxygen atoms in total. The zero-order valence-corrected chi connectivity index (χ0v) is 11.6. The number of benzene rings is 2. The Labute approximate surface area is 114 Å². The molecule has 0 heterocycles. The van der Waals surface area contributed by atoms with Crippen LogP contribution in [-0.4, -0.2) is 0 Å². The van der Waals surface area contributed by atoms with Crippen LogP contribution in [0.3, 0.4) is 0 Å². The molecule has 0 spiro atoms. The molecule has 0 bridgehead atoms. The lowest BCUT2D eigenvalue weighted by Gasteiger charge is -2.13. The van der Waals surface area contributed by atoms with Gasteiger partial charge in [0, 0.05) is 4.47 Å². The van der Waals surface area contributed by atoms with E-state index < -0.39 is 0 Å². The van der Waals surface area contributed by atoms with E-state index in [1.807, 2.05) is 25.1 Å². The first-order valence-corrected chi connectivity index (χ1v) is 6.46. The Bertz CT molecular complexity index is 522. The first-order valence-electron chi connectivity index (χ1n) is 5.23. The maximum Gasteiger partial charge on any atom is 0.123 e. The van der Waals surface area contributed by atoms with Gasteiger partial charge < -0.3 is 0 Å². The van der Waals surface area contributed by atoms with Gasteiger partial charge in [0.15, 0.2) is 0 Å². The zero-order chi connectivity index (χ0) is 12.4. The molecule has 3 heteroatoms. The molecule has 0 radical (unpaired) electrons. The van der Waals surface area contributed by atoms with Crippen molar-refractivity contribution in [3.05, 3.63) is 69.4 Å². The first-order chi connectivity index (χ1) is 8.08. The molecule has 0 aromatic heterocycles. The number of hydrogen-bond acceptors (Lipinski definition) is 0. The third-order valence-corrected chi connectivity index (χ3v) is 3.65. The van der Waals surface area contributed by atoms with Crippen molar-refractivity contribution < 1.29 is 4.39 Å². The highest BCUT2D eigenvalue weighted by molar-refractivity contribution is 9.10. The maximum atomic E-state index is 12.8. The van der Waals surface area contributed by atoms with Crippen LogP contribution in [0, 0.1) is 12.7 Å². The molecule has 2 rings (SSSR count). The topological polar surface area (TPSA) is 0 Å². The molecule has 0 aliphatic rings. The SMILES string of the molecule is Cc1cc(Br)ccc1C(Cl)c1ccc(F)cc1. The summed E-state index contributed by atoms with van der Waals surface area (Å²) in [5.41, 5.74) is 3.06. The van der Waals surface area contributed by atoms with Crippen LogP contribution in [-0.2, 0) is 0 Å². The average Bonchev–Trinajstić information content (AvgIpc) is 2.29. The minimum Gasteiger partial charge on any atom is -0.207 e. The average molecular weight is 314 g/mol. The summed E-state index contributed by atoms with van der Waals surface area (Å²) in [6, 6.07) is 12.3. The summed E-state index contributed by atoms with van der Waals surface area (Å²) in [5.74, 6) is -0.245. The molecule has 0 fully saturated rings. The van der Waals surface area contributed by atoms with Crippen molar-refractivity contribution in [2.75, 3.05) is 0 Å². The van der Waals surface area contributed by atoms with Gasteiger partial charge in [0.05, 0.1) is 5.38 Å². The summed E-state index contributed by atoms with van der Waals surface area (Å²) >= 11 is 9.82. The first kappa shape index (κ1) is 12.6. The Morgan fingerprint density at radius 2 is 1.76 bits per heavy atom. The molecule has 0 saturated heterocycles. The number of rotatable bonds is 2. The highest BCUT2D eigenvalue weighted by Gasteiger charge is 2.13. The van der Waals surface area contributed by atoms with Crippen LogP contribution in [0.5, 0.6) is 0 Å². The standard InChI is InChI=1S/C14H11BrClF/c1-9-8-11(15)4-7-13(9)14(16)10-2-5-12(17)6-3-10/h2-8,14H,1H3. The lowest BCUT2D eigenvalue weighted by atomic mass is 10.0. The zero-order valence-electron chi connectivity index (χ0n) is 9.25. The Hall–Kier alpha value is -0.860. The Morgan fingerprint density at radius 1 is 1.12 bits per heavy atom. The molecule has 2 aromatic carbocycles. The van der Waals surface area contributed by atoms with Crippen LogP contribution in [0.25, 0.3) is 0 Å². The molecular weight excluding hydrogens is 303 g/mol. The summed E-state index contributed by atoms with van der Waals surface area (Å²) in [4.78, 5) is 0. The van der Waals surface area contributed by atoms with Gasteiger partial charge in [-0.25, -0.2) is 4.39 Å². The van der Waals surface area contributed by atoms with Crippen molar-refractivity contribution in [1.82, 2.24) is 0 Å². The van der Waals surface area contributed by atoms with E-state index in [2.05, 4.69) is 15.9 Å². The van der Waals surface area contributed by atoms with Crippen LogP contribution in [0.2, 0.25) is 0 Å². The van der Waals surface area contributed by atoms with Crippen LogP contribution < -0.4 is 0 Å². The van der Waals surface area contributed by atoms with E-state index in [1.165, 1.54) is 12.1 Å². The number of hydrogen-bond donors (Lipinski definition) is 0. The summed E-state index contributed by atoms with van der Waals surface area (Å²) in [7, 11) is 0. The van der Waals surface area contributed by atoms with Gasteiger partial charge in [-0.05, 0) is 47.9 Å². The fourth-order valence-corrected chi connectivity index (χ4v) is 2.60. The van der Waals surface area contributed by atoms with E-state index in [0.717, 1.165) is 21.2 Å². The smallest absolute Gasteiger partial charge is 0.123 e. The van der Waals surface area contributed by atoms with Gasteiger partial charge in [0.25, 0.3) is 0 Å². The van der Waals surface area contributed by atoms with E-state index >= 15 is 0 Å². The molecule has 0 N–H and O–H groups in total. The molecule has 0 aliphatic carbocycles. The highest BCUT2D eigenvalue weighted by atomic mass is 79.9. The van der Waals surface area contributed by atoms with E-state index in [-0.39, 0.29) is 11.2 Å². The fraction of sp³-hybridized carbons (Fsp3) is 0.143. The number of aryl methyl sites for hydroxylation is 1. The van der Waals surface area contributed by atoms with E-state index in [9.17, 15) is 4.39 Å². The normalized spacial score (nSPS) is 12.5. The molecule has 0 saturated carbocycles. The molecular formula is C14H11BrClF. The van der Waals surface area contributed by atoms with E-state index in [1.54, 1.807) is 12.1 Å². The van der Waals surface area contributed by atoms with Gasteiger partial charge in [-0.2, -0.15) is 0 Å². The van der Waals surface area contributed by atoms with Crippen molar-refractivity contribution in [3.63, 3.8) is 0 Å². The minimum atomic E-state index is -0.247. The molecule has 17 heavy (non-hydrogen) atoms. The van der Waals surface area contributed by atoms with Gasteiger partial charge in [0.2, 0.25) is 0 Å². The summed E-state index contributed by atoms with van der Waals surface area (Å²) in [5, 5.41) is -0.247. The molecule has 0 aliphatic heterocycles. The van der Waals surface area contributed by atoms with Crippen molar-refractivity contribution in [2.45, 2.75) is 12.3 Å². The van der Waals surface area contributed by atoms with Crippen molar-refractivity contribution in [1.29, 1.82) is 0 Å². The largest absolute Gasteiger partial charge is 0.207 e. The second-order valence-corrected chi connectivity index (χ2v) is 5.27. The number of halogens is 3. The van der Waals surface area contributed by atoms with Crippen LogP contribution in [0.1, 0.15) is 22.1 Å². The molecule has 88 valence electrons. The predicted molar refractivity (Wildman–Crippen MR) is 73.0 cm³/mol. The summed E-state index contributed by atoms with van der Waals surface area (Å²) in [6.45, 7) is 2.01. The van der Waals surface area contributed by atoms with Gasteiger partial charge in [-0.15, -0.1) is 11.6 Å². The second-order valence-electron chi connectivity index (χ2n) is 3.92. The van der Waals surface area contributed by atoms with Crippen LogP contribution in [0.15, 0.2) is 46.9 Å². The Balaban J connectivity index is 2.36. The third-order valence-electron chi connectivity index (χ3n) is 2.67. The van der Waals surface area contributed by atoms with Gasteiger partial charge in [-0.3, -0.25) is 0 Å². The highest BCUT2D eigenvalue weighted by Crippen LogP contribution is 2.32. The fourth-order valence-electron chi connectivity index (χ4n) is 1.73. The Kier molecular flexibility index (Phi) is 3.85. The number of alkyl halides is 1. The molecule has 0 amide bonds.